The molecule has 2 atom stereocenters. The van der Waals surface area contributed by atoms with E-state index in [1.807, 2.05) is 6.07 Å². The molecular formula is C24H21Cl2N3O5. The lowest BCUT2D eigenvalue weighted by Crippen LogP contribution is -2.21. The van der Waals surface area contributed by atoms with Crippen LogP contribution < -0.4 is 5.73 Å². The first-order valence-corrected chi connectivity index (χ1v) is 10.9. The fourth-order valence-electron chi connectivity index (χ4n) is 3.28. The number of primary amides is 1. The Morgan fingerprint density at radius 3 is 1.82 bits per heavy atom. The Hall–Kier alpha value is -3.30. The van der Waals surface area contributed by atoms with E-state index in [2.05, 4.69) is 9.97 Å². The van der Waals surface area contributed by atoms with Crippen molar-refractivity contribution in [3.63, 3.8) is 0 Å². The summed E-state index contributed by atoms with van der Waals surface area (Å²) < 4.78 is 4.79. The van der Waals surface area contributed by atoms with E-state index in [9.17, 15) is 19.8 Å². The minimum absolute atomic E-state index is 0.210. The van der Waals surface area contributed by atoms with Crippen molar-refractivity contribution in [1.29, 1.82) is 0 Å². The van der Waals surface area contributed by atoms with Gasteiger partial charge >= 0.3 is 5.97 Å². The van der Waals surface area contributed by atoms with Crippen molar-refractivity contribution in [2.45, 2.75) is 19.1 Å². The lowest BCUT2D eigenvalue weighted by Gasteiger charge is -2.12. The number of hydrogen-bond acceptors (Lipinski definition) is 7. The highest BCUT2D eigenvalue weighted by molar-refractivity contribution is 6.31. The molecule has 2 heterocycles. The van der Waals surface area contributed by atoms with Gasteiger partial charge in [-0.05, 0) is 43.3 Å². The normalized spacial score (nSPS) is 12.5. The topological polar surface area (TPSA) is 136 Å². The molecule has 4 N–H and O–H groups in total. The molecule has 0 aliphatic heterocycles. The van der Waals surface area contributed by atoms with E-state index in [0.29, 0.717) is 32.2 Å². The van der Waals surface area contributed by atoms with Crippen molar-refractivity contribution in [2.75, 3.05) is 6.61 Å². The maximum atomic E-state index is 11.6. The highest BCUT2D eigenvalue weighted by Crippen LogP contribution is 2.28. The van der Waals surface area contributed by atoms with Gasteiger partial charge in [-0.3, -0.25) is 14.8 Å². The largest absolute Gasteiger partial charge is 0.464 e. The molecule has 1 amide bonds. The molecule has 176 valence electrons. The van der Waals surface area contributed by atoms with Gasteiger partial charge in [0.1, 0.15) is 0 Å². The molecule has 0 aliphatic rings. The summed E-state index contributed by atoms with van der Waals surface area (Å²) in [5.41, 5.74) is 6.81. The number of hydrogen-bond donors (Lipinski definition) is 3. The average molecular weight is 502 g/mol. The molecule has 0 spiro atoms. The first-order valence-electron chi connectivity index (χ1n) is 10.1. The molecule has 0 saturated heterocycles. The fraction of sp³-hybridized carbons (Fsp3) is 0.167. The van der Waals surface area contributed by atoms with Gasteiger partial charge in [-0.25, -0.2) is 4.79 Å². The number of carbonyl (C=O) groups is 2. The number of carbonyl (C=O) groups excluding carboxylic acids is 2. The van der Waals surface area contributed by atoms with E-state index >= 15 is 0 Å². The number of amides is 1. The number of esters is 1. The van der Waals surface area contributed by atoms with E-state index in [1.54, 1.807) is 49.6 Å². The SMILES string of the molecule is CCOC(=O)C(O)c1cc(Cl)cc2cccnc12.NC(=O)C(O)c1cc(Cl)cc2cccnc12. The van der Waals surface area contributed by atoms with Crippen LogP contribution in [0, 0.1) is 0 Å². The van der Waals surface area contributed by atoms with Gasteiger partial charge in [0.2, 0.25) is 0 Å². The highest BCUT2D eigenvalue weighted by atomic mass is 35.5. The number of pyridine rings is 2. The number of aliphatic hydroxyl groups excluding tert-OH is 2. The molecule has 0 bridgehead atoms. The Morgan fingerprint density at radius 1 is 0.912 bits per heavy atom. The molecule has 0 fully saturated rings. The second-order valence-corrected chi connectivity index (χ2v) is 7.97. The lowest BCUT2D eigenvalue weighted by atomic mass is 10.0. The van der Waals surface area contributed by atoms with Crippen LogP contribution in [0.1, 0.15) is 30.3 Å². The molecule has 2 aromatic carbocycles. The molecule has 10 heteroatoms. The van der Waals surface area contributed by atoms with Crippen molar-refractivity contribution < 1.29 is 24.5 Å². The van der Waals surface area contributed by atoms with Gasteiger partial charge in [0.15, 0.2) is 12.2 Å². The summed E-state index contributed by atoms with van der Waals surface area (Å²) in [4.78, 5) is 30.8. The van der Waals surface area contributed by atoms with Crippen LogP contribution in [0.3, 0.4) is 0 Å². The number of benzene rings is 2. The minimum atomic E-state index is -1.39. The number of aliphatic hydroxyl groups is 2. The third-order valence-electron chi connectivity index (χ3n) is 4.77. The van der Waals surface area contributed by atoms with Crippen molar-refractivity contribution in [3.05, 3.63) is 82.1 Å². The number of aromatic nitrogens is 2. The van der Waals surface area contributed by atoms with Crippen molar-refractivity contribution >= 4 is 56.9 Å². The summed E-state index contributed by atoms with van der Waals surface area (Å²) in [5.74, 6) is -1.53. The van der Waals surface area contributed by atoms with Gasteiger partial charge in [-0.2, -0.15) is 0 Å². The summed E-state index contributed by atoms with van der Waals surface area (Å²) in [6.45, 7) is 1.89. The molecule has 0 saturated carbocycles. The number of rotatable bonds is 5. The van der Waals surface area contributed by atoms with Crippen LogP contribution in [0.5, 0.6) is 0 Å². The quantitative estimate of drug-likeness (QED) is 0.352. The van der Waals surface area contributed by atoms with Crippen LogP contribution in [0.15, 0.2) is 60.9 Å². The lowest BCUT2D eigenvalue weighted by molar-refractivity contribution is -0.153. The molecule has 4 aromatic rings. The van der Waals surface area contributed by atoms with E-state index in [4.69, 9.17) is 33.7 Å². The Balaban J connectivity index is 0.000000192. The first kappa shape index (κ1) is 25.3. The summed E-state index contributed by atoms with van der Waals surface area (Å²) >= 11 is 11.8. The monoisotopic (exact) mass is 501 g/mol. The van der Waals surface area contributed by atoms with Gasteiger partial charge in [-0.1, -0.05) is 35.3 Å². The Morgan fingerprint density at radius 2 is 1.38 bits per heavy atom. The minimum Gasteiger partial charge on any atom is -0.464 e. The van der Waals surface area contributed by atoms with Crippen LogP contribution >= 0.6 is 23.2 Å². The number of nitrogens with two attached hydrogens (primary N) is 1. The predicted octanol–water partition coefficient (Wildman–Crippen LogP) is 3.89. The third kappa shape index (κ3) is 5.78. The number of halogens is 2. The van der Waals surface area contributed by atoms with Crippen LogP contribution in [0.2, 0.25) is 10.0 Å². The third-order valence-corrected chi connectivity index (χ3v) is 5.20. The van der Waals surface area contributed by atoms with Crippen LogP contribution in [-0.2, 0) is 14.3 Å². The van der Waals surface area contributed by atoms with E-state index < -0.39 is 24.1 Å². The number of fused-ring (bicyclic) bond motifs is 2. The molecule has 2 aromatic heterocycles. The molecule has 4 rings (SSSR count). The predicted molar refractivity (Wildman–Crippen MR) is 129 cm³/mol. The van der Waals surface area contributed by atoms with Gasteiger partial charge in [0.05, 0.1) is 17.6 Å². The molecule has 0 radical (unpaired) electrons. The standard InChI is InChI=1S/C13H12ClNO3.C11H9ClN2O2/c1-2-18-13(17)12(16)10-7-9(14)6-8-4-3-5-15-11(8)10;12-7-4-6-2-1-3-14-9(6)8(5-7)10(15)11(13)16/h3-7,12,16H,2H2,1H3;1-5,10,15H,(H2,13,16). The second kappa shape index (κ2) is 11.2. The summed E-state index contributed by atoms with van der Waals surface area (Å²) in [6.07, 6.45) is 0.405. The molecular weight excluding hydrogens is 481 g/mol. The smallest absolute Gasteiger partial charge is 0.339 e. The summed E-state index contributed by atoms with van der Waals surface area (Å²) in [6, 6.07) is 13.6. The highest BCUT2D eigenvalue weighted by Gasteiger charge is 2.22. The molecule has 8 nitrogen and oxygen atoms in total. The van der Waals surface area contributed by atoms with Gasteiger partial charge in [-0.15, -0.1) is 0 Å². The number of ether oxygens (including phenoxy) is 1. The maximum Gasteiger partial charge on any atom is 0.339 e. The molecule has 0 aliphatic carbocycles. The molecule has 34 heavy (non-hydrogen) atoms. The van der Waals surface area contributed by atoms with Crippen LogP contribution in [-0.4, -0.2) is 38.7 Å². The summed E-state index contributed by atoms with van der Waals surface area (Å²) in [5, 5.41) is 22.0. The second-order valence-electron chi connectivity index (χ2n) is 7.10. The maximum absolute atomic E-state index is 11.6. The zero-order chi connectivity index (χ0) is 24.8. The van der Waals surface area contributed by atoms with Crippen LogP contribution in [0.25, 0.3) is 21.8 Å². The zero-order valence-corrected chi connectivity index (χ0v) is 19.5. The average Bonchev–Trinajstić information content (AvgIpc) is 2.82. The Bertz CT molecular complexity index is 1350. The molecule has 2 unspecified atom stereocenters. The van der Waals surface area contributed by atoms with Gasteiger partial charge in [0, 0.05) is 44.3 Å². The zero-order valence-electron chi connectivity index (χ0n) is 18.0. The van der Waals surface area contributed by atoms with Crippen molar-refractivity contribution in [1.82, 2.24) is 9.97 Å². The van der Waals surface area contributed by atoms with Crippen LogP contribution in [0.4, 0.5) is 0 Å². The number of nitrogens with zero attached hydrogens (tertiary/aromatic N) is 2. The van der Waals surface area contributed by atoms with E-state index in [1.165, 1.54) is 12.1 Å². The Kier molecular flexibility index (Phi) is 8.36. The van der Waals surface area contributed by atoms with E-state index in [-0.39, 0.29) is 6.61 Å². The van der Waals surface area contributed by atoms with Crippen molar-refractivity contribution in [3.8, 4) is 0 Å². The van der Waals surface area contributed by atoms with Gasteiger partial charge < -0.3 is 20.7 Å². The Labute approximate surface area is 204 Å². The fourth-order valence-corrected chi connectivity index (χ4v) is 3.75. The van der Waals surface area contributed by atoms with Crippen molar-refractivity contribution in [2.24, 2.45) is 5.73 Å². The van der Waals surface area contributed by atoms with E-state index in [0.717, 1.165) is 10.8 Å². The first-order chi connectivity index (χ1) is 16.2. The summed E-state index contributed by atoms with van der Waals surface area (Å²) in [7, 11) is 0. The van der Waals surface area contributed by atoms with Gasteiger partial charge in [0.25, 0.3) is 5.91 Å².